The lowest BCUT2D eigenvalue weighted by Gasteiger charge is -2.12. The Kier molecular flexibility index (Phi) is 2.77. The Balaban J connectivity index is 2.01. The minimum absolute atomic E-state index is 0.133. The van der Waals surface area contributed by atoms with Crippen molar-refractivity contribution in [2.45, 2.75) is 12.5 Å². The van der Waals surface area contributed by atoms with Crippen molar-refractivity contribution in [1.82, 2.24) is 9.88 Å². The molecule has 1 saturated heterocycles. The Hall–Kier alpha value is -1.29. The van der Waals surface area contributed by atoms with Gasteiger partial charge in [-0.25, -0.2) is 4.98 Å². The minimum atomic E-state index is 0.133. The smallest absolute Gasteiger partial charge is 0.224 e. The molecular weight excluding hydrogens is 214 g/mol. The fraction of sp³-hybridized carbons (Fsp3) is 0.400. The van der Waals surface area contributed by atoms with Crippen LogP contribution in [-0.2, 0) is 4.79 Å². The van der Waals surface area contributed by atoms with Gasteiger partial charge in [0.2, 0.25) is 5.91 Å². The number of amides is 1. The summed E-state index contributed by atoms with van der Waals surface area (Å²) >= 11 is 5.76. The van der Waals surface area contributed by atoms with Crippen LogP contribution in [0.1, 0.15) is 6.42 Å². The number of pyridine rings is 1. The number of anilines is 1. The Morgan fingerprint density at radius 1 is 1.60 bits per heavy atom. The minimum Gasteiger partial charge on any atom is -0.365 e. The molecule has 1 aliphatic heterocycles. The maximum atomic E-state index is 11.3. The summed E-state index contributed by atoms with van der Waals surface area (Å²) in [6, 6.07) is 5.53. The number of nitrogens with zero attached hydrogens (tertiary/aromatic N) is 2. The Morgan fingerprint density at radius 3 is 3.00 bits per heavy atom. The molecule has 0 bridgehead atoms. The number of rotatable bonds is 2. The highest BCUT2D eigenvalue weighted by molar-refractivity contribution is 6.29. The number of likely N-dealkylation sites (N-methyl/N-ethyl adjacent to an activating group) is 1. The molecule has 2 rings (SSSR count). The molecule has 1 N–H and O–H groups in total. The lowest BCUT2D eigenvalue weighted by molar-refractivity contribution is -0.126. The third kappa shape index (κ3) is 2.39. The van der Waals surface area contributed by atoms with Crippen LogP contribution in [0.4, 0.5) is 5.82 Å². The fourth-order valence-electron chi connectivity index (χ4n) is 1.66. The third-order valence-electron chi connectivity index (χ3n) is 2.41. The molecule has 15 heavy (non-hydrogen) atoms. The molecule has 1 atom stereocenters. The van der Waals surface area contributed by atoms with E-state index in [-0.39, 0.29) is 11.9 Å². The van der Waals surface area contributed by atoms with Gasteiger partial charge < -0.3 is 10.2 Å². The molecule has 2 heterocycles. The van der Waals surface area contributed by atoms with E-state index in [1.165, 1.54) is 0 Å². The third-order valence-corrected chi connectivity index (χ3v) is 2.62. The molecule has 0 spiro atoms. The van der Waals surface area contributed by atoms with Gasteiger partial charge in [0.25, 0.3) is 0 Å². The topological polar surface area (TPSA) is 45.2 Å². The highest BCUT2D eigenvalue weighted by atomic mass is 35.5. The van der Waals surface area contributed by atoms with E-state index in [2.05, 4.69) is 10.3 Å². The molecular formula is C10H12ClN3O. The van der Waals surface area contributed by atoms with Crippen LogP contribution in [0.2, 0.25) is 5.15 Å². The van der Waals surface area contributed by atoms with Crippen LogP contribution in [-0.4, -0.2) is 35.4 Å². The summed E-state index contributed by atoms with van der Waals surface area (Å²) in [4.78, 5) is 17.1. The average Bonchev–Trinajstić information content (AvgIpc) is 2.45. The lowest BCUT2D eigenvalue weighted by Crippen LogP contribution is -2.24. The van der Waals surface area contributed by atoms with E-state index >= 15 is 0 Å². The number of halogens is 1. The van der Waals surface area contributed by atoms with Gasteiger partial charge in [0.05, 0.1) is 6.04 Å². The first-order valence-corrected chi connectivity index (χ1v) is 5.16. The van der Waals surface area contributed by atoms with E-state index in [9.17, 15) is 4.79 Å². The van der Waals surface area contributed by atoms with Gasteiger partial charge in [-0.2, -0.15) is 0 Å². The van der Waals surface area contributed by atoms with Gasteiger partial charge in [0.1, 0.15) is 11.0 Å². The molecule has 1 unspecified atom stereocenters. The van der Waals surface area contributed by atoms with Crippen molar-refractivity contribution in [3.8, 4) is 0 Å². The predicted molar refractivity (Wildman–Crippen MR) is 58.9 cm³/mol. The average molecular weight is 226 g/mol. The van der Waals surface area contributed by atoms with Crippen molar-refractivity contribution in [2.75, 3.05) is 18.9 Å². The lowest BCUT2D eigenvalue weighted by atomic mass is 10.2. The van der Waals surface area contributed by atoms with Crippen LogP contribution in [0, 0.1) is 0 Å². The molecule has 0 aromatic carbocycles. The van der Waals surface area contributed by atoms with Crippen LogP contribution >= 0.6 is 11.6 Å². The van der Waals surface area contributed by atoms with E-state index < -0.39 is 0 Å². The standard InChI is InChI=1S/C10H12ClN3O/c1-14-6-7(5-10(14)15)12-9-4-2-3-8(11)13-9/h2-4,7H,5-6H2,1H3,(H,12,13). The first kappa shape index (κ1) is 10.2. The first-order chi connectivity index (χ1) is 7.15. The van der Waals surface area contributed by atoms with Gasteiger partial charge >= 0.3 is 0 Å². The monoisotopic (exact) mass is 225 g/mol. The Labute approximate surface area is 93.2 Å². The zero-order valence-corrected chi connectivity index (χ0v) is 9.16. The highest BCUT2D eigenvalue weighted by Gasteiger charge is 2.26. The second-order valence-corrected chi connectivity index (χ2v) is 4.05. The van der Waals surface area contributed by atoms with Crippen molar-refractivity contribution in [3.63, 3.8) is 0 Å². The predicted octanol–water partition coefficient (Wildman–Crippen LogP) is 1.38. The fourth-order valence-corrected chi connectivity index (χ4v) is 1.82. The van der Waals surface area contributed by atoms with Gasteiger partial charge in [-0.15, -0.1) is 0 Å². The van der Waals surface area contributed by atoms with Crippen LogP contribution in [0.5, 0.6) is 0 Å². The van der Waals surface area contributed by atoms with Crippen LogP contribution in [0.3, 0.4) is 0 Å². The second kappa shape index (κ2) is 4.06. The quantitative estimate of drug-likeness (QED) is 0.774. The van der Waals surface area contributed by atoms with Crippen molar-refractivity contribution < 1.29 is 4.79 Å². The number of likely N-dealkylation sites (tertiary alicyclic amines) is 1. The molecule has 80 valence electrons. The van der Waals surface area contributed by atoms with Gasteiger partial charge in [0, 0.05) is 20.0 Å². The molecule has 1 fully saturated rings. The SMILES string of the molecule is CN1CC(Nc2cccc(Cl)n2)CC1=O. The van der Waals surface area contributed by atoms with E-state index in [4.69, 9.17) is 11.6 Å². The van der Waals surface area contributed by atoms with Gasteiger partial charge in [-0.1, -0.05) is 17.7 Å². The van der Waals surface area contributed by atoms with Crippen LogP contribution in [0.15, 0.2) is 18.2 Å². The largest absolute Gasteiger partial charge is 0.365 e. The van der Waals surface area contributed by atoms with E-state index in [0.29, 0.717) is 18.1 Å². The Bertz CT molecular complexity index is 383. The molecule has 1 aromatic heterocycles. The van der Waals surface area contributed by atoms with E-state index in [1.54, 1.807) is 18.0 Å². The second-order valence-electron chi connectivity index (χ2n) is 3.67. The van der Waals surface area contributed by atoms with Crippen molar-refractivity contribution in [3.05, 3.63) is 23.4 Å². The number of hydrogen-bond donors (Lipinski definition) is 1. The molecule has 4 nitrogen and oxygen atoms in total. The zero-order valence-electron chi connectivity index (χ0n) is 8.40. The molecule has 1 aliphatic rings. The summed E-state index contributed by atoms with van der Waals surface area (Å²) in [5.41, 5.74) is 0. The number of hydrogen-bond acceptors (Lipinski definition) is 3. The number of carbonyl (C=O) groups excluding carboxylic acids is 1. The zero-order chi connectivity index (χ0) is 10.8. The van der Waals surface area contributed by atoms with Crippen molar-refractivity contribution in [2.24, 2.45) is 0 Å². The van der Waals surface area contributed by atoms with E-state index in [0.717, 1.165) is 5.82 Å². The first-order valence-electron chi connectivity index (χ1n) is 4.78. The molecule has 0 aliphatic carbocycles. The number of aromatic nitrogens is 1. The van der Waals surface area contributed by atoms with Crippen molar-refractivity contribution >= 4 is 23.3 Å². The van der Waals surface area contributed by atoms with Crippen molar-refractivity contribution in [1.29, 1.82) is 0 Å². The molecule has 1 aromatic rings. The normalized spacial score (nSPS) is 20.8. The van der Waals surface area contributed by atoms with Crippen LogP contribution in [0.25, 0.3) is 0 Å². The maximum absolute atomic E-state index is 11.3. The molecule has 1 amide bonds. The summed E-state index contributed by atoms with van der Waals surface area (Å²) in [7, 11) is 1.80. The summed E-state index contributed by atoms with van der Waals surface area (Å²) in [6.07, 6.45) is 0.519. The van der Waals surface area contributed by atoms with Gasteiger partial charge in [-0.05, 0) is 12.1 Å². The molecule has 5 heteroatoms. The highest BCUT2D eigenvalue weighted by Crippen LogP contribution is 2.15. The van der Waals surface area contributed by atoms with E-state index in [1.807, 2.05) is 12.1 Å². The summed E-state index contributed by atoms with van der Waals surface area (Å²) < 4.78 is 0. The van der Waals surface area contributed by atoms with Gasteiger partial charge in [-0.3, -0.25) is 4.79 Å². The van der Waals surface area contributed by atoms with Crippen LogP contribution < -0.4 is 5.32 Å². The van der Waals surface area contributed by atoms with Gasteiger partial charge in [0.15, 0.2) is 0 Å². The molecule has 0 saturated carbocycles. The summed E-state index contributed by atoms with van der Waals surface area (Å²) in [5.74, 6) is 0.880. The maximum Gasteiger partial charge on any atom is 0.224 e. The molecule has 0 radical (unpaired) electrons. The number of nitrogens with one attached hydrogen (secondary N) is 1. The number of carbonyl (C=O) groups is 1. The summed E-state index contributed by atoms with van der Waals surface area (Å²) in [5, 5.41) is 3.64. The Morgan fingerprint density at radius 2 is 2.40 bits per heavy atom. The summed E-state index contributed by atoms with van der Waals surface area (Å²) in [6.45, 7) is 0.715.